The highest BCUT2D eigenvalue weighted by molar-refractivity contribution is 5.72. The molecule has 0 saturated heterocycles. The molecule has 2 bridgehead atoms. The first kappa shape index (κ1) is 8.72. The highest BCUT2D eigenvalue weighted by Gasteiger charge is 2.62. The zero-order chi connectivity index (χ0) is 9.87. The second-order valence-corrected chi connectivity index (χ2v) is 5.15. The maximum absolute atomic E-state index is 11.2. The zero-order valence-corrected chi connectivity index (χ0v) is 8.44. The number of rotatable bonds is 2. The minimum Gasteiger partial charge on any atom is -0.481 e. The van der Waals surface area contributed by atoms with Crippen molar-refractivity contribution >= 4 is 5.97 Å². The van der Waals surface area contributed by atoms with Crippen molar-refractivity contribution in [3.63, 3.8) is 0 Å². The third-order valence-electron chi connectivity index (χ3n) is 4.75. The molecule has 3 nitrogen and oxygen atoms in total. The normalized spacial score (nSPS) is 54.1. The Morgan fingerprint density at radius 1 is 1.21 bits per heavy atom. The molecule has 0 amide bonds. The lowest BCUT2D eigenvalue weighted by Crippen LogP contribution is -2.54. The van der Waals surface area contributed by atoms with Gasteiger partial charge in [0, 0.05) is 6.04 Å². The molecule has 0 aromatic carbocycles. The zero-order valence-electron chi connectivity index (χ0n) is 8.44. The van der Waals surface area contributed by atoms with Crippen molar-refractivity contribution in [1.82, 2.24) is 5.32 Å². The predicted octanol–water partition coefficient (Wildman–Crippen LogP) is 0.951. The van der Waals surface area contributed by atoms with E-state index < -0.39 is 5.97 Å². The molecule has 0 heterocycles. The molecule has 0 aromatic rings. The number of carbonyl (C=O) groups is 1. The van der Waals surface area contributed by atoms with Crippen molar-refractivity contribution in [2.75, 3.05) is 7.05 Å². The fourth-order valence-corrected chi connectivity index (χ4v) is 4.19. The van der Waals surface area contributed by atoms with Crippen molar-refractivity contribution in [3.8, 4) is 0 Å². The summed E-state index contributed by atoms with van der Waals surface area (Å²) in [6.45, 7) is 0. The summed E-state index contributed by atoms with van der Waals surface area (Å²) in [5.41, 5.74) is 0. The summed E-state index contributed by atoms with van der Waals surface area (Å²) in [5.74, 6) is 2.06. The van der Waals surface area contributed by atoms with Crippen molar-refractivity contribution in [3.05, 3.63) is 0 Å². The van der Waals surface area contributed by atoms with Crippen LogP contribution in [0.15, 0.2) is 0 Å². The van der Waals surface area contributed by atoms with Crippen molar-refractivity contribution in [2.24, 2.45) is 29.6 Å². The third-order valence-corrected chi connectivity index (χ3v) is 4.75. The van der Waals surface area contributed by atoms with Gasteiger partial charge in [-0.2, -0.15) is 0 Å². The highest BCUT2D eigenvalue weighted by atomic mass is 16.4. The van der Waals surface area contributed by atoms with E-state index in [-0.39, 0.29) is 12.0 Å². The highest BCUT2D eigenvalue weighted by Crippen LogP contribution is 2.64. The van der Waals surface area contributed by atoms with Gasteiger partial charge in [-0.25, -0.2) is 0 Å². The van der Waals surface area contributed by atoms with Gasteiger partial charge in [0.2, 0.25) is 0 Å². The molecule has 14 heavy (non-hydrogen) atoms. The van der Waals surface area contributed by atoms with Crippen molar-refractivity contribution in [2.45, 2.75) is 25.3 Å². The van der Waals surface area contributed by atoms with Gasteiger partial charge in [0.05, 0.1) is 5.92 Å². The molecule has 4 rings (SSSR count). The van der Waals surface area contributed by atoms with E-state index in [4.69, 9.17) is 0 Å². The number of carboxylic acids is 1. The molecular formula is C11H17NO2. The van der Waals surface area contributed by atoms with Gasteiger partial charge in [0.25, 0.3) is 0 Å². The van der Waals surface area contributed by atoms with Gasteiger partial charge >= 0.3 is 5.97 Å². The Morgan fingerprint density at radius 3 is 2.50 bits per heavy atom. The standard InChI is InChI=1S/C11H17NO2/c1-12-10-6-3-2-5(7-4-8(6)7)9(10)11(13)14/h5-10,12H,2-4H2,1H3,(H,13,14). The average Bonchev–Trinajstić information content (AvgIpc) is 2.96. The van der Waals surface area contributed by atoms with Crippen LogP contribution in [0.1, 0.15) is 19.3 Å². The minimum absolute atomic E-state index is 0.109. The van der Waals surface area contributed by atoms with Crippen LogP contribution in [-0.2, 0) is 4.79 Å². The topological polar surface area (TPSA) is 49.3 Å². The second kappa shape index (κ2) is 2.72. The maximum atomic E-state index is 11.2. The van der Waals surface area contributed by atoms with Crippen molar-refractivity contribution in [1.29, 1.82) is 0 Å². The fourth-order valence-electron chi connectivity index (χ4n) is 4.19. The quantitative estimate of drug-likeness (QED) is 0.689. The van der Waals surface area contributed by atoms with E-state index in [1.807, 2.05) is 7.05 Å². The third kappa shape index (κ3) is 0.937. The first-order valence-electron chi connectivity index (χ1n) is 5.64. The van der Waals surface area contributed by atoms with Gasteiger partial charge in [-0.15, -0.1) is 0 Å². The van der Waals surface area contributed by atoms with E-state index >= 15 is 0 Å². The Labute approximate surface area is 83.9 Å². The summed E-state index contributed by atoms with van der Waals surface area (Å²) in [5, 5.41) is 12.5. The summed E-state index contributed by atoms with van der Waals surface area (Å²) < 4.78 is 0. The molecular weight excluding hydrogens is 178 g/mol. The lowest BCUT2D eigenvalue weighted by molar-refractivity contribution is -0.150. The number of hydrogen-bond acceptors (Lipinski definition) is 2. The van der Waals surface area contributed by atoms with Gasteiger partial charge in [-0.3, -0.25) is 4.79 Å². The van der Waals surface area contributed by atoms with Crippen LogP contribution in [-0.4, -0.2) is 24.2 Å². The maximum Gasteiger partial charge on any atom is 0.308 e. The van der Waals surface area contributed by atoms with Gasteiger partial charge in [0.1, 0.15) is 0 Å². The van der Waals surface area contributed by atoms with Crippen LogP contribution < -0.4 is 5.32 Å². The number of carboxylic acid groups (broad SMARTS) is 1. The molecule has 4 fully saturated rings. The predicted molar refractivity (Wildman–Crippen MR) is 51.8 cm³/mol. The molecule has 3 heteroatoms. The van der Waals surface area contributed by atoms with Gasteiger partial charge in [-0.05, 0) is 50.0 Å². The Morgan fingerprint density at radius 2 is 1.86 bits per heavy atom. The second-order valence-electron chi connectivity index (χ2n) is 5.15. The van der Waals surface area contributed by atoms with Crippen LogP contribution in [0.3, 0.4) is 0 Å². The summed E-state index contributed by atoms with van der Waals surface area (Å²) in [6.07, 6.45) is 3.71. The Hall–Kier alpha value is -0.570. The lowest BCUT2D eigenvalue weighted by atomic mass is 9.62. The van der Waals surface area contributed by atoms with E-state index in [1.54, 1.807) is 0 Å². The minimum atomic E-state index is -0.579. The van der Waals surface area contributed by atoms with Crippen LogP contribution in [0, 0.1) is 29.6 Å². The molecule has 2 N–H and O–H groups in total. The van der Waals surface area contributed by atoms with Gasteiger partial charge in [0.15, 0.2) is 0 Å². The summed E-state index contributed by atoms with van der Waals surface area (Å²) in [4.78, 5) is 11.2. The SMILES string of the molecule is CNC1C2CCC(C3CC32)C1C(=O)O. The lowest BCUT2D eigenvalue weighted by Gasteiger charge is -2.46. The molecule has 0 aliphatic heterocycles. The molecule has 4 aliphatic rings. The monoisotopic (exact) mass is 195 g/mol. The summed E-state index contributed by atoms with van der Waals surface area (Å²) in [6, 6.07) is 0.245. The number of nitrogens with one attached hydrogen (secondary N) is 1. The first-order valence-corrected chi connectivity index (χ1v) is 5.64. The Kier molecular flexibility index (Phi) is 1.69. The summed E-state index contributed by atoms with van der Waals surface area (Å²) >= 11 is 0. The van der Waals surface area contributed by atoms with Gasteiger partial charge in [-0.1, -0.05) is 0 Å². The van der Waals surface area contributed by atoms with Crippen LogP contribution in [0.5, 0.6) is 0 Å². The van der Waals surface area contributed by atoms with Gasteiger partial charge < -0.3 is 10.4 Å². The van der Waals surface area contributed by atoms with Crippen LogP contribution >= 0.6 is 0 Å². The number of hydrogen-bond donors (Lipinski definition) is 2. The smallest absolute Gasteiger partial charge is 0.308 e. The Bertz CT molecular complexity index is 278. The largest absolute Gasteiger partial charge is 0.481 e. The first-order chi connectivity index (χ1) is 6.74. The fraction of sp³-hybridized carbons (Fsp3) is 0.909. The molecule has 4 saturated carbocycles. The van der Waals surface area contributed by atoms with E-state index in [0.29, 0.717) is 11.8 Å². The van der Waals surface area contributed by atoms with Crippen LogP contribution in [0.4, 0.5) is 0 Å². The molecule has 6 atom stereocenters. The Balaban J connectivity index is 1.92. The molecule has 0 spiro atoms. The molecule has 4 aliphatic carbocycles. The van der Waals surface area contributed by atoms with Crippen molar-refractivity contribution < 1.29 is 9.90 Å². The average molecular weight is 195 g/mol. The van der Waals surface area contributed by atoms with E-state index in [2.05, 4.69) is 5.32 Å². The molecule has 6 unspecified atom stereocenters. The summed E-state index contributed by atoms with van der Waals surface area (Å²) in [7, 11) is 1.92. The molecule has 78 valence electrons. The van der Waals surface area contributed by atoms with Crippen LogP contribution in [0.2, 0.25) is 0 Å². The van der Waals surface area contributed by atoms with Crippen LogP contribution in [0.25, 0.3) is 0 Å². The number of fused-ring (bicyclic) bond motifs is 2. The molecule has 0 radical (unpaired) electrons. The van der Waals surface area contributed by atoms with E-state index in [0.717, 1.165) is 18.3 Å². The van der Waals surface area contributed by atoms with E-state index in [1.165, 1.54) is 12.8 Å². The van der Waals surface area contributed by atoms with E-state index in [9.17, 15) is 9.90 Å². The molecule has 0 aromatic heterocycles. The number of aliphatic carboxylic acids is 1.